The van der Waals surface area contributed by atoms with Gasteiger partial charge in [0.1, 0.15) is 0 Å². The van der Waals surface area contributed by atoms with Crippen LogP contribution in [0.25, 0.3) is 0 Å². The van der Waals surface area contributed by atoms with Crippen LogP contribution in [-0.2, 0) is 6.54 Å². The number of hydrogen-bond donors (Lipinski definition) is 1. The molecular weight excluding hydrogens is 195 g/mol. The van der Waals surface area contributed by atoms with Crippen LogP contribution in [0.4, 0.5) is 0 Å². The zero-order chi connectivity index (χ0) is 9.14. The molecule has 1 rings (SSSR count). The lowest BCUT2D eigenvalue weighted by Gasteiger charge is -2.09. The molecule has 66 valence electrons. The minimum atomic E-state index is 0.566. The molecule has 0 unspecified atom stereocenters. The Morgan fingerprint density at radius 1 is 1.33 bits per heavy atom. The Balaban J connectivity index is 2.82. The molecule has 0 aliphatic carbocycles. The first kappa shape index (κ1) is 9.81. The standard InChI is InChI=1S/C8H10Cl2N2/c1-12(11)5-6-2-3-7(9)8(10)4-6/h2-4H,5,11H2,1H3. The van der Waals surface area contributed by atoms with Crippen molar-refractivity contribution in [1.82, 2.24) is 5.01 Å². The van der Waals surface area contributed by atoms with Crippen LogP contribution in [-0.4, -0.2) is 12.1 Å². The molecule has 0 heterocycles. The maximum Gasteiger partial charge on any atom is 0.0595 e. The molecule has 0 radical (unpaired) electrons. The van der Waals surface area contributed by atoms with Crippen LogP contribution in [0.5, 0.6) is 0 Å². The summed E-state index contributed by atoms with van der Waals surface area (Å²) in [6.07, 6.45) is 0. The highest BCUT2D eigenvalue weighted by molar-refractivity contribution is 6.41. The Labute approximate surface area is 81.8 Å². The summed E-state index contributed by atoms with van der Waals surface area (Å²) in [5, 5.41) is 2.72. The van der Waals surface area contributed by atoms with Gasteiger partial charge in [0.2, 0.25) is 0 Å². The first-order valence-electron chi connectivity index (χ1n) is 3.49. The van der Waals surface area contributed by atoms with Crippen LogP contribution >= 0.6 is 23.2 Å². The number of nitrogens with two attached hydrogens (primary N) is 1. The van der Waals surface area contributed by atoms with Gasteiger partial charge in [-0.05, 0) is 17.7 Å². The van der Waals surface area contributed by atoms with Crippen LogP contribution < -0.4 is 5.84 Å². The predicted octanol–water partition coefficient (Wildman–Crippen LogP) is 2.30. The molecule has 2 nitrogen and oxygen atoms in total. The first-order chi connectivity index (χ1) is 5.59. The van der Waals surface area contributed by atoms with E-state index in [1.165, 1.54) is 0 Å². The number of hydrazine groups is 1. The smallest absolute Gasteiger partial charge is 0.0595 e. The number of nitrogens with zero attached hydrogens (tertiary/aromatic N) is 1. The lowest BCUT2D eigenvalue weighted by molar-refractivity contribution is 0.341. The van der Waals surface area contributed by atoms with Crippen LogP contribution in [0.1, 0.15) is 5.56 Å². The largest absolute Gasteiger partial charge is 0.269 e. The highest BCUT2D eigenvalue weighted by atomic mass is 35.5. The van der Waals surface area contributed by atoms with E-state index in [1.807, 2.05) is 12.1 Å². The summed E-state index contributed by atoms with van der Waals surface area (Å²) in [4.78, 5) is 0. The SMILES string of the molecule is CN(N)Cc1ccc(Cl)c(Cl)c1. The van der Waals surface area contributed by atoms with Crippen molar-refractivity contribution < 1.29 is 0 Å². The Hall–Kier alpha value is -0.280. The summed E-state index contributed by atoms with van der Waals surface area (Å²) in [5.41, 5.74) is 1.05. The van der Waals surface area contributed by atoms with Crippen molar-refractivity contribution in [2.24, 2.45) is 5.84 Å². The van der Waals surface area contributed by atoms with Crippen molar-refractivity contribution in [1.29, 1.82) is 0 Å². The summed E-state index contributed by atoms with van der Waals surface area (Å²) < 4.78 is 0. The van der Waals surface area contributed by atoms with Crippen molar-refractivity contribution >= 4 is 23.2 Å². The van der Waals surface area contributed by atoms with E-state index < -0.39 is 0 Å². The lowest BCUT2D eigenvalue weighted by atomic mass is 10.2. The Morgan fingerprint density at radius 2 is 2.00 bits per heavy atom. The van der Waals surface area contributed by atoms with E-state index in [2.05, 4.69) is 0 Å². The fourth-order valence-electron chi connectivity index (χ4n) is 0.926. The van der Waals surface area contributed by atoms with Gasteiger partial charge in [0, 0.05) is 13.6 Å². The molecule has 0 spiro atoms. The van der Waals surface area contributed by atoms with Gasteiger partial charge in [-0.1, -0.05) is 29.3 Å². The quantitative estimate of drug-likeness (QED) is 0.592. The van der Waals surface area contributed by atoms with Gasteiger partial charge in [-0.2, -0.15) is 0 Å². The van der Waals surface area contributed by atoms with Crippen molar-refractivity contribution in [2.45, 2.75) is 6.54 Å². The molecule has 4 heteroatoms. The molecule has 0 aliphatic rings. The van der Waals surface area contributed by atoms with Crippen molar-refractivity contribution in [3.05, 3.63) is 33.8 Å². The lowest BCUT2D eigenvalue weighted by Crippen LogP contribution is -2.24. The molecular formula is C8H10Cl2N2. The number of hydrogen-bond acceptors (Lipinski definition) is 2. The Bertz CT molecular complexity index is 274. The third kappa shape index (κ3) is 2.64. The van der Waals surface area contributed by atoms with Crippen molar-refractivity contribution in [2.75, 3.05) is 7.05 Å². The van der Waals surface area contributed by atoms with Gasteiger partial charge >= 0.3 is 0 Å². The summed E-state index contributed by atoms with van der Waals surface area (Å²) >= 11 is 11.5. The predicted molar refractivity (Wildman–Crippen MR) is 52.1 cm³/mol. The molecule has 0 fully saturated rings. The molecule has 0 atom stereocenters. The molecule has 2 N–H and O–H groups in total. The monoisotopic (exact) mass is 204 g/mol. The molecule has 0 amide bonds. The van der Waals surface area contributed by atoms with Crippen molar-refractivity contribution in [3.63, 3.8) is 0 Å². The molecule has 12 heavy (non-hydrogen) atoms. The summed E-state index contributed by atoms with van der Waals surface area (Å²) in [6.45, 7) is 0.664. The summed E-state index contributed by atoms with van der Waals surface area (Å²) in [7, 11) is 1.79. The van der Waals surface area contributed by atoms with Gasteiger partial charge in [0.15, 0.2) is 0 Å². The molecule has 0 saturated carbocycles. The first-order valence-corrected chi connectivity index (χ1v) is 4.25. The highest BCUT2D eigenvalue weighted by Gasteiger charge is 1.99. The number of rotatable bonds is 2. The average Bonchev–Trinajstić information content (AvgIpc) is 1.96. The van der Waals surface area contributed by atoms with Gasteiger partial charge in [-0.3, -0.25) is 5.84 Å². The highest BCUT2D eigenvalue weighted by Crippen LogP contribution is 2.22. The van der Waals surface area contributed by atoms with E-state index >= 15 is 0 Å². The second-order valence-corrected chi connectivity index (χ2v) is 3.48. The third-order valence-corrected chi connectivity index (χ3v) is 2.16. The number of benzene rings is 1. The van der Waals surface area contributed by atoms with E-state index in [9.17, 15) is 0 Å². The Morgan fingerprint density at radius 3 is 2.50 bits per heavy atom. The molecule has 0 bridgehead atoms. The fraction of sp³-hybridized carbons (Fsp3) is 0.250. The molecule has 1 aromatic carbocycles. The van der Waals surface area contributed by atoms with E-state index in [-0.39, 0.29) is 0 Å². The molecule has 0 saturated heterocycles. The van der Waals surface area contributed by atoms with Crippen LogP contribution in [0.2, 0.25) is 10.0 Å². The van der Waals surface area contributed by atoms with Crippen LogP contribution in [0.3, 0.4) is 0 Å². The van der Waals surface area contributed by atoms with Gasteiger partial charge in [0.25, 0.3) is 0 Å². The van der Waals surface area contributed by atoms with Gasteiger partial charge in [-0.15, -0.1) is 0 Å². The summed E-state index contributed by atoms with van der Waals surface area (Å²) in [6, 6.07) is 5.48. The topological polar surface area (TPSA) is 29.3 Å². The minimum absolute atomic E-state index is 0.566. The van der Waals surface area contributed by atoms with Crippen LogP contribution in [0, 0.1) is 0 Å². The zero-order valence-corrected chi connectivity index (χ0v) is 8.23. The third-order valence-electron chi connectivity index (χ3n) is 1.42. The van der Waals surface area contributed by atoms with Gasteiger partial charge in [0.05, 0.1) is 10.0 Å². The minimum Gasteiger partial charge on any atom is -0.269 e. The maximum atomic E-state index is 5.81. The maximum absolute atomic E-state index is 5.81. The second-order valence-electron chi connectivity index (χ2n) is 2.66. The summed E-state index contributed by atoms with van der Waals surface area (Å²) in [5.74, 6) is 5.47. The average molecular weight is 205 g/mol. The second kappa shape index (κ2) is 4.10. The number of halogens is 2. The van der Waals surface area contributed by atoms with Crippen LogP contribution in [0.15, 0.2) is 18.2 Å². The van der Waals surface area contributed by atoms with E-state index in [0.29, 0.717) is 16.6 Å². The van der Waals surface area contributed by atoms with Gasteiger partial charge < -0.3 is 0 Å². The fourth-order valence-corrected chi connectivity index (χ4v) is 1.25. The zero-order valence-electron chi connectivity index (χ0n) is 6.72. The molecule has 0 aromatic heterocycles. The molecule has 1 aromatic rings. The Kier molecular flexibility index (Phi) is 3.35. The van der Waals surface area contributed by atoms with E-state index in [1.54, 1.807) is 18.1 Å². The molecule has 0 aliphatic heterocycles. The normalized spacial score (nSPS) is 10.8. The van der Waals surface area contributed by atoms with E-state index in [0.717, 1.165) is 5.56 Å². The van der Waals surface area contributed by atoms with Gasteiger partial charge in [-0.25, -0.2) is 5.01 Å². The van der Waals surface area contributed by atoms with E-state index in [4.69, 9.17) is 29.0 Å². The van der Waals surface area contributed by atoms with Crippen molar-refractivity contribution in [3.8, 4) is 0 Å².